The normalized spacial score (nSPS) is 18.5. The summed E-state index contributed by atoms with van der Waals surface area (Å²) in [6.45, 7) is 4.22. The molecule has 2 N–H and O–H groups in total. The van der Waals surface area contributed by atoms with E-state index in [4.69, 9.17) is 4.98 Å². The summed E-state index contributed by atoms with van der Waals surface area (Å²) in [4.78, 5) is 36.4. The minimum absolute atomic E-state index is 0.0710. The van der Waals surface area contributed by atoms with Gasteiger partial charge >= 0.3 is 6.03 Å². The number of imidazole rings is 1. The molecule has 7 heteroatoms. The highest BCUT2D eigenvalue weighted by Gasteiger charge is 2.27. The summed E-state index contributed by atoms with van der Waals surface area (Å²) >= 11 is 0. The summed E-state index contributed by atoms with van der Waals surface area (Å²) in [6, 6.07) is 13.8. The number of amides is 3. The summed E-state index contributed by atoms with van der Waals surface area (Å²) in [7, 11) is 0. The van der Waals surface area contributed by atoms with Gasteiger partial charge in [-0.3, -0.25) is 4.79 Å². The van der Waals surface area contributed by atoms with Gasteiger partial charge in [-0.05, 0) is 48.2 Å². The molecule has 1 saturated heterocycles. The Hall–Kier alpha value is -3.35. The van der Waals surface area contributed by atoms with Crippen LogP contribution < -0.4 is 5.32 Å². The second-order valence-electron chi connectivity index (χ2n) is 8.21. The fourth-order valence-corrected chi connectivity index (χ4v) is 4.45. The predicted molar refractivity (Wildman–Crippen MR) is 115 cm³/mol. The maximum atomic E-state index is 12.9. The molecule has 1 fully saturated rings. The standard InChI is InChI=1S/C23H25N5O2/c1-15(29)28-12-16-8-9-19(11-18(16)14-28)24-23(30)27-10-4-5-17(13-27)22-25-20-6-2-3-7-21(20)26-22/h2-3,6-9,11,17H,4-5,10,12-14H2,1H3,(H,24,30)(H,25,26). The minimum atomic E-state index is -0.0859. The fourth-order valence-electron chi connectivity index (χ4n) is 4.45. The number of anilines is 1. The number of fused-ring (bicyclic) bond motifs is 2. The van der Waals surface area contributed by atoms with Gasteiger partial charge in [0.15, 0.2) is 0 Å². The van der Waals surface area contributed by atoms with Gasteiger partial charge in [-0.15, -0.1) is 0 Å². The maximum Gasteiger partial charge on any atom is 0.321 e. The van der Waals surface area contributed by atoms with Crippen molar-refractivity contribution < 1.29 is 9.59 Å². The molecule has 0 bridgehead atoms. The molecule has 3 amide bonds. The lowest BCUT2D eigenvalue weighted by atomic mass is 9.97. The molecular weight excluding hydrogens is 378 g/mol. The number of urea groups is 1. The molecule has 0 aliphatic carbocycles. The number of likely N-dealkylation sites (tertiary alicyclic amines) is 1. The Bertz CT molecular complexity index is 1090. The Morgan fingerprint density at radius 3 is 2.77 bits per heavy atom. The lowest BCUT2D eigenvalue weighted by Crippen LogP contribution is -2.41. The molecular formula is C23H25N5O2. The van der Waals surface area contributed by atoms with Crippen LogP contribution in [-0.4, -0.2) is 44.8 Å². The summed E-state index contributed by atoms with van der Waals surface area (Å²) in [6.07, 6.45) is 1.97. The van der Waals surface area contributed by atoms with Gasteiger partial charge in [0, 0.05) is 44.7 Å². The van der Waals surface area contributed by atoms with Crippen molar-refractivity contribution in [2.24, 2.45) is 0 Å². The van der Waals surface area contributed by atoms with E-state index in [-0.39, 0.29) is 17.9 Å². The number of benzene rings is 2. The van der Waals surface area contributed by atoms with Crippen molar-refractivity contribution in [2.75, 3.05) is 18.4 Å². The van der Waals surface area contributed by atoms with E-state index >= 15 is 0 Å². The van der Waals surface area contributed by atoms with Crippen molar-refractivity contribution in [2.45, 2.75) is 38.8 Å². The number of aromatic nitrogens is 2. The van der Waals surface area contributed by atoms with E-state index in [0.29, 0.717) is 19.6 Å². The predicted octanol–water partition coefficient (Wildman–Crippen LogP) is 3.84. The van der Waals surface area contributed by atoms with Crippen LogP contribution in [0.1, 0.15) is 42.6 Å². The van der Waals surface area contributed by atoms with Crippen LogP contribution in [0.3, 0.4) is 0 Å². The zero-order chi connectivity index (χ0) is 20.7. The zero-order valence-corrected chi connectivity index (χ0v) is 17.0. The first-order valence-electron chi connectivity index (χ1n) is 10.4. The Morgan fingerprint density at radius 1 is 1.10 bits per heavy atom. The summed E-state index contributed by atoms with van der Waals surface area (Å²) < 4.78 is 0. The first-order valence-corrected chi connectivity index (χ1v) is 10.4. The number of nitrogens with one attached hydrogen (secondary N) is 2. The number of piperidine rings is 1. The topological polar surface area (TPSA) is 81.3 Å². The Morgan fingerprint density at radius 2 is 1.93 bits per heavy atom. The summed E-state index contributed by atoms with van der Waals surface area (Å²) in [5, 5.41) is 3.04. The Labute approximate surface area is 175 Å². The molecule has 2 aliphatic heterocycles. The molecule has 5 rings (SSSR count). The van der Waals surface area contributed by atoms with Crippen LogP contribution >= 0.6 is 0 Å². The molecule has 0 spiro atoms. The highest BCUT2D eigenvalue weighted by molar-refractivity contribution is 5.89. The van der Waals surface area contributed by atoms with Crippen molar-refractivity contribution in [1.82, 2.24) is 19.8 Å². The summed E-state index contributed by atoms with van der Waals surface area (Å²) in [5.74, 6) is 1.23. The van der Waals surface area contributed by atoms with Crippen molar-refractivity contribution >= 4 is 28.7 Å². The number of carbonyl (C=O) groups excluding carboxylic acids is 2. The van der Waals surface area contributed by atoms with E-state index in [1.807, 2.05) is 47.4 Å². The molecule has 0 saturated carbocycles. The average Bonchev–Trinajstić information content (AvgIpc) is 3.38. The van der Waals surface area contributed by atoms with Crippen LogP contribution in [0.4, 0.5) is 10.5 Å². The molecule has 154 valence electrons. The molecule has 1 unspecified atom stereocenters. The van der Waals surface area contributed by atoms with Gasteiger partial charge in [0.25, 0.3) is 0 Å². The van der Waals surface area contributed by atoms with Crippen molar-refractivity contribution in [3.05, 3.63) is 59.4 Å². The highest BCUT2D eigenvalue weighted by atomic mass is 16.2. The number of para-hydroxylation sites is 2. The van der Waals surface area contributed by atoms with E-state index in [1.54, 1.807) is 11.8 Å². The van der Waals surface area contributed by atoms with Gasteiger partial charge in [0.2, 0.25) is 5.91 Å². The molecule has 0 radical (unpaired) electrons. The lowest BCUT2D eigenvalue weighted by molar-refractivity contribution is -0.129. The molecule has 2 aromatic carbocycles. The molecule has 2 aliphatic rings. The van der Waals surface area contributed by atoms with E-state index < -0.39 is 0 Å². The van der Waals surface area contributed by atoms with Gasteiger partial charge in [-0.2, -0.15) is 0 Å². The van der Waals surface area contributed by atoms with E-state index in [2.05, 4.69) is 10.3 Å². The third kappa shape index (κ3) is 3.51. The number of hydrogen-bond acceptors (Lipinski definition) is 3. The largest absolute Gasteiger partial charge is 0.342 e. The third-order valence-electron chi connectivity index (χ3n) is 6.13. The maximum absolute atomic E-state index is 12.9. The first-order chi connectivity index (χ1) is 14.6. The average molecular weight is 403 g/mol. The monoisotopic (exact) mass is 403 g/mol. The number of H-pyrrole nitrogens is 1. The van der Waals surface area contributed by atoms with Crippen LogP contribution in [0.2, 0.25) is 0 Å². The molecule has 1 aromatic heterocycles. The second-order valence-corrected chi connectivity index (χ2v) is 8.21. The van der Waals surface area contributed by atoms with Crippen LogP contribution in [-0.2, 0) is 17.9 Å². The number of rotatable bonds is 2. The van der Waals surface area contributed by atoms with Crippen LogP contribution in [0.15, 0.2) is 42.5 Å². The second kappa shape index (κ2) is 7.48. The minimum Gasteiger partial charge on any atom is -0.342 e. The van der Waals surface area contributed by atoms with Crippen LogP contribution in [0.25, 0.3) is 11.0 Å². The number of aromatic amines is 1. The van der Waals surface area contributed by atoms with Gasteiger partial charge in [0.05, 0.1) is 11.0 Å². The third-order valence-corrected chi connectivity index (χ3v) is 6.13. The molecule has 7 nitrogen and oxygen atoms in total. The van der Waals surface area contributed by atoms with Gasteiger partial charge in [-0.1, -0.05) is 18.2 Å². The van der Waals surface area contributed by atoms with Gasteiger partial charge in [0.1, 0.15) is 5.82 Å². The number of nitrogens with zero attached hydrogens (tertiary/aromatic N) is 3. The Balaban J connectivity index is 1.26. The zero-order valence-electron chi connectivity index (χ0n) is 17.0. The molecule has 3 heterocycles. The number of carbonyl (C=O) groups is 2. The molecule has 1 atom stereocenters. The smallest absolute Gasteiger partial charge is 0.321 e. The van der Waals surface area contributed by atoms with Crippen molar-refractivity contribution in [1.29, 1.82) is 0 Å². The number of hydrogen-bond donors (Lipinski definition) is 2. The van der Waals surface area contributed by atoms with E-state index in [1.165, 1.54) is 0 Å². The SMILES string of the molecule is CC(=O)N1Cc2ccc(NC(=O)N3CCCC(c4nc5ccccc5[nH]4)C3)cc2C1. The van der Waals surface area contributed by atoms with E-state index in [0.717, 1.165) is 53.1 Å². The van der Waals surface area contributed by atoms with Crippen LogP contribution in [0, 0.1) is 0 Å². The first kappa shape index (κ1) is 18.7. The quantitative estimate of drug-likeness (QED) is 0.682. The molecule has 3 aromatic rings. The van der Waals surface area contributed by atoms with Gasteiger partial charge in [-0.25, -0.2) is 9.78 Å². The van der Waals surface area contributed by atoms with Crippen molar-refractivity contribution in [3.8, 4) is 0 Å². The van der Waals surface area contributed by atoms with Crippen molar-refractivity contribution in [3.63, 3.8) is 0 Å². The fraction of sp³-hybridized carbons (Fsp3) is 0.348. The lowest BCUT2D eigenvalue weighted by Gasteiger charge is -2.31. The Kier molecular flexibility index (Phi) is 4.65. The highest BCUT2D eigenvalue weighted by Crippen LogP contribution is 2.28. The molecule has 30 heavy (non-hydrogen) atoms. The van der Waals surface area contributed by atoms with Crippen LogP contribution in [0.5, 0.6) is 0 Å². The van der Waals surface area contributed by atoms with E-state index in [9.17, 15) is 9.59 Å². The summed E-state index contributed by atoms with van der Waals surface area (Å²) in [5.41, 5.74) is 5.02. The van der Waals surface area contributed by atoms with Gasteiger partial charge < -0.3 is 20.1 Å².